The number of hydrogen-bond acceptors (Lipinski definition) is 4. The number of anilines is 1. The molecule has 0 spiro atoms. The first-order chi connectivity index (χ1) is 12.7. The van der Waals surface area contributed by atoms with Gasteiger partial charge in [-0.3, -0.25) is 9.59 Å². The largest absolute Gasteiger partial charge is 0.493 e. The van der Waals surface area contributed by atoms with Crippen LogP contribution in [0.15, 0.2) is 53.4 Å². The molecule has 2 aliphatic rings. The number of benzene rings is 2. The maximum absolute atomic E-state index is 12.5. The van der Waals surface area contributed by atoms with Gasteiger partial charge < -0.3 is 15.0 Å². The second-order valence-electron chi connectivity index (χ2n) is 6.35. The monoisotopic (exact) mass is 368 g/mol. The third kappa shape index (κ3) is 3.42. The van der Waals surface area contributed by atoms with E-state index < -0.39 is 0 Å². The van der Waals surface area contributed by atoms with E-state index in [0.717, 1.165) is 28.3 Å². The zero-order valence-electron chi connectivity index (χ0n) is 14.3. The molecule has 2 aromatic rings. The normalized spacial score (nSPS) is 18.5. The summed E-state index contributed by atoms with van der Waals surface area (Å²) in [5.41, 5.74) is 1.92. The van der Waals surface area contributed by atoms with Crippen molar-refractivity contribution in [1.82, 2.24) is 5.32 Å². The van der Waals surface area contributed by atoms with Crippen LogP contribution < -0.4 is 15.0 Å². The molecule has 2 heterocycles. The van der Waals surface area contributed by atoms with Crippen LogP contribution in [0.1, 0.15) is 24.4 Å². The average Bonchev–Trinajstić information content (AvgIpc) is 2.67. The molecule has 0 aliphatic carbocycles. The highest BCUT2D eigenvalue weighted by atomic mass is 32.2. The zero-order valence-corrected chi connectivity index (χ0v) is 15.1. The quantitative estimate of drug-likeness (QED) is 0.901. The van der Waals surface area contributed by atoms with Crippen LogP contribution in [0.5, 0.6) is 5.75 Å². The van der Waals surface area contributed by atoms with Crippen molar-refractivity contribution in [2.75, 3.05) is 23.8 Å². The van der Waals surface area contributed by atoms with Crippen molar-refractivity contribution in [3.8, 4) is 5.75 Å². The van der Waals surface area contributed by atoms with Gasteiger partial charge in [0.25, 0.3) is 0 Å². The molecule has 2 aliphatic heterocycles. The molecule has 1 N–H and O–H groups in total. The molecule has 0 saturated carbocycles. The van der Waals surface area contributed by atoms with Gasteiger partial charge in [0.1, 0.15) is 5.75 Å². The number of thioether (sulfide) groups is 1. The first-order valence-corrected chi connectivity index (χ1v) is 9.74. The van der Waals surface area contributed by atoms with Crippen LogP contribution >= 0.6 is 11.8 Å². The number of amides is 2. The van der Waals surface area contributed by atoms with Gasteiger partial charge in [-0.1, -0.05) is 30.3 Å². The second kappa shape index (κ2) is 7.41. The van der Waals surface area contributed by atoms with Crippen LogP contribution in [0.4, 0.5) is 5.69 Å². The lowest BCUT2D eigenvalue weighted by molar-refractivity contribution is -0.122. The third-order valence-corrected chi connectivity index (χ3v) is 5.71. The summed E-state index contributed by atoms with van der Waals surface area (Å²) in [4.78, 5) is 27.6. The molecule has 2 amide bonds. The summed E-state index contributed by atoms with van der Waals surface area (Å²) < 4.78 is 5.64. The smallest absolute Gasteiger partial charge is 0.237 e. The van der Waals surface area contributed by atoms with E-state index >= 15 is 0 Å². The van der Waals surface area contributed by atoms with E-state index in [2.05, 4.69) is 5.32 Å². The van der Waals surface area contributed by atoms with Crippen molar-refractivity contribution in [2.45, 2.75) is 23.8 Å². The molecule has 4 rings (SSSR count). The summed E-state index contributed by atoms with van der Waals surface area (Å²) in [6, 6.07) is 15.6. The molecule has 134 valence electrons. The maximum Gasteiger partial charge on any atom is 0.237 e. The number of carbonyl (C=O) groups excluding carboxylic acids is 2. The van der Waals surface area contributed by atoms with Gasteiger partial charge in [0.2, 0.25) is 11.8 Å². The summed E-state index contributed by atoms with van der Waals surface area (Å²) in [7, 11) is 0. The second-order valence-corrected chi connectivity index (χ2v) is 7.36. The standard InChI is InChI=1S/C20H20N2O3S/c23-19(21-15-10-12-25-17-7-3-1-5-14(15)17)9-11-22-16-6-2-4-8-18(16)26-13-20(22)24/h1-8,15H,9-13H2,(H,21,23)/t15-/m0/s1. The Morgan fingerprint density at radius 2 is 2.00 bits per heavy atom. The van der Waals surface area contributed by atoms with Crippen LogP contribution in [0, 0.1) is 0 Å². The van der Waals surface area contributed by atoms with Gasteiger partial charge >= 0.3 is 0 Å². The molecular formula is C20H20N2O3S. The highest BCUT2D eigenvalue weighted by molar-refractivity contribution is 8.00. The third-order valence-electron chi connectivity index (χ3n) is 4.66. The van der Waals surface area contributed by atoms with Crippen LogP contribution in [0.25, 0.3) is 0 Å². The van der Waals surface area contributed by atoms with Crippen LogP contribution in [0.2, 0.25) is 0 Å². The Bertz CT molecular complexity index is 839. The van der Waals surface area contributed by atoms with Crippen LogP contribution in [0.3, 0.4) is 0 Å². The van der Waals surface area contributed by atoms with Crippen molar-refractivity contribution in [3.05, 3.63) is 54.1 Å². The maximum atomic E-state index is 12.5. The van der Waals surface area contributed by atoms with Gasteiger partial charge in [-0.05, 0) is 18.2 Å². The van der Waals surface area contributed by atoms with Crippen molar-refractivity contribution in [1.29, 1.82) is 0 Å². The van der Waals surface area contributed by atoms with E-state index in [4.69, 9.17) is 4.74 Å². The number of para-hydroxylation sites is 2. The van der Waals surface area contributed by atoms with Gasteiger partial charge in [0.05, 0.1) is 24.1 Å². The highest BCUT2D eigenvalue weighted by Crippen LogP contribution is 2.35. The van der Waals surface area contributed by atoms with E-state index in [1.165, 1.54) is 0 Å². The molecule has 0 aromatic heterocycles. The van der Waals surface area contributed by atoms with Gasteiger partial charge in [-0.2, -0.15) is 0 Å². The van der Waals surface area contributed by atoms with Crippen molar-refractivity contribution in [3.63, 3.8) is 0 Å². The molecule has 0 saturated heterocycles. The first-order valence-electron chi connectivity index (χ1n) is 8.75. The molecule has 1 atom stereocenters. The molecule has 0 bridgehead atoms. The Morgan fingerprint density at radius 3 is 2.92 bits per heavy atom. The summed E-state index contributed by atoms with van der Waals surface area (Å²) in [5, 5.41) is 3.09. The fourth-order valence-electron chi connectivity index (χ4n) is 3.37. The van der Waals surface area contributed by atoms with E-state index in [9.17, 15) is 9.59 Å². The highest BCUT2D eigenvalue weighted by Gasteiger charge is 2.26. The van der Waals surface area contributed by atoms with Crippen molar-refractivity contribution in [2.24, 2.45) is 0 Å². The van der Waals surface area contributed by atoms with Gasteiger partial charge in [0.15, 0.2) is 0 Å². The summed E-state index contributed by atoms with van der Waals surface area (Å²) in [5.74, 6) is 1.26. The van der Waals surface area contributed by atoms with Gasteiger partial charge in [0, 0.05) is 29.8 Å². The van der Waals surface area contributed by atoms with Crippen molar-refractivity contribution >= 4 is 29.3 Å². The molecule has 0 radical (unpaired) electrons. The number of rotatable bonds is 4. The Kier molecular flexibility index (Phi) is 4.84. The SMILES string of the molecule is O=C(CCN1C(=O)CSc2ccccc21)N[C@H]1CCOc2ccccc21. The minimum absolute atomic E-state index is 0.0349. The predicted octanol–water partition coefficient (Wildman–Crippen LogP) is 3.16. The van der Waals surface area contributed by atoms with Gasteiger partial charge in [-0.25, -0.2) is 0 Å². The number of hydrogen-bond donors (Lipinski definition) is 1. The minimum atomic E-state index is -0.0461. The molecule has 5 nitrogen and oxygen atoms in total. The fourth-order valence-corrected chi connectivity index (χ4v) is 4.31. The zero-order chi connectivity index (χ0) is 17.9. The number of nitrogens with one attached hydrogen (secondary N) is 1. The lowest BCUT2D eigenvalue weighted by atomic mass is 10.0. The molecule has 6 heteroatoms. The van der Waals surface area contributed by atoms with E-state index in [-0.39, 0.29) is 24.3 Å². The molecule has 0 fully saturated rings. The fraction of sp³-hybridized carbons (Fsp3) is 0.300. The Hall–Kier alpha value is -2.47. The summed E-state index contributed by atoms with van der Waals surface area (Å²) >= 11 is 1.55. The number of fused-ring (bicyclic) bond motifs is 2. The Balaban J connectivity index is 1.40. The summed E-state index contributed by atoms with van der Waals surface area (Å²) in [6.45, 7) is 0.990. The average molecular weight is 368 g/mol. The first kappa shape index (κ1) is 17.0. The number of nitrogens with zero attached hydrogens (tertiary/aromatic N) is 1. The van der Waals surface area contributed by atoms with E-state index in [0.29, 0.717) is 18.9 Å². The number of carbonyl (C=O) groups is 2. The Morgan fingerprint density at radius 1 is 1.19 bits per heavy atom. The van der Waals surface area contributed by atoms with Crippen LogP contribution in [-0.2, 0) is 9.59 Å². The molecule has 0 unspecified atom stereocenters. The van der Waals surface area contributed by atoms with Gasteiger partial charge in [-0.15, -0.1) is 11.8 Å². The lowest BCUT2D eigenvalue weighted by Gasteiger charge is -2.29. The lowest BCUT2D eigenvalue weighted by Crippen LogP contribution is -2.39. The van der Waals surface area contributed by atoms with Crippen LogP contribution in [-0.4, -0.2) is 30.7 Å². The number of ether oxygens (including phenoxy) is 1. The van der Waals surface area contributed by atoms with E-state index in [1.54, 1.807) is 16.7 Å². The van der Waals surface area contributed by atoms with E-state index in [1.807, 2.05) is 48.5 Å². The molecule has 26 heavy (non-hydrogen) atoms. The minimum Gasteiger partial charge on any atom is -0.493 e. The molecular weight excluding hydrogens is 348 g/mol. The predicted molar refractivity (Wildman–Crippen MR) is 102 cm³/mol. The molecule has 2 aromatic carbocycles. The van der Waals surface area contributed by atoms with Crippen molar-refractivity contribution < 1.29 is 14.3 Å². The Labute approximate surface area is 156 Å². The topological polar surface area (TPSA) is 58.6 Å². The summed E-state index contributed by atoms with van der Waals surface area (Å²) in [6.07, 6.45) is 1.04.